The van der Waals surface area contributed by atoms with E-state index in [1.807, 2.05) is 11.3 Å². The molecule has 5 heteroatoms. The van der Waals surface area contributed by atoms with Gasteiger partial charge in [-0.25, -0.2) is 4.98 Å². The van der Waals surface area contributed by atoms with E-state index in [1.165, 1.54) is 10.6 Å². The van der Waals surface area contributed by atoms with Crippen LogP contribution in [0.4, 0.5) is 5.13 Å². The summed E-state index contributed by atoms with van der Waals surface area (Å²) in [7, 11) is 0. The van der Waals surface area contributed by atoms with Gasteiger partial charge in [-0.1, -0.05) is 20.8 Å². The molecular formula is C14H25N3OS. The largest absolute Gasteiger partial charge is 0.377 e. The highest BCUT2D eigenvalue weighted by molar-refractivity contribution is 7.15. The normalized spacial score (nSPS) is 20.3. The second-order valence-electron chi connectivity index (χ2n) is 5.37. The molecule has 1 unspecified atom stereocenters. The number of aromatic nitrogens is 1. The quantitative estimate of drug-likeness (QED) is 0.900. The van der Waals surface area contributed by atoms with E-state index >= 15 is 0 Å². The van der Waals surface area contributed by atoms with Gasteiger partial charge in [0, 0.05) is 24.0 Å². The smallest absolute Gasteiger partial charge is 0.186 e. The van der Waals surface area contributed by atoms with Crippen LogP contribution in [0, 0.1) is 0 Å². The fourth-order valence-electron chi connectivity index (χ4n) is 2.22. The van der Waals surface area contributed by atoms with Crippen LogP contribution in [0.1, 0.15) is 38.3 Å². The van der Waals surface area contributed by atoms with Gasteiger partial charge in [-0.2, -0.15) is 0 Å². The number of thiazole rings is 1. The average molecular weight is 283 g/mol. The van der Waals surface area contributed by atoms with E-state index in [-0.39, 0.29) is 0 Å². The van der Waals surface area contributed by atoms with Crippen molar-refractivity contribution in [1.29, 1.82) is 0 Å². The molecule has 1 atom stereocenters. The Kier molecular flexibility index (Phi) is 5.19. The van der Waals surface area contributed by atoms with Crippen LogP contribution in [0.15, 0.2) is 0 Å². The van der Waals surface area contributed by atoms with Crippen molar-refractivity contribution >= 4 is 16.5 Å². The molecule has 2 heterocycles. The van der Waals surface area contributed by atoms with Gasteiger partial charge in [0.15, 0.2) is 5.13 Å². The van der Waals surface area contributed by atoms with Gasteiger partial charge in [0.25, 0.3) is 0 Å². The second-order valence-corrected chi connectivity index (χ2v) is 6.43. The second kappa shape index (κ2) is 6.68. The molecule has 2 rings (SSSR count). The fourth-order valence-corrected chi connectivity index (χ4v) is 3.44. The molecule has 4 nitrogen and oxygen atoms in total. The van der Waals surface area contributed by atoms with Gasteiger partial charge in [0.2, 0.25) is 0 Å². The number of nitrogens with zero attached hydrogens (tertiary/aromatic N) is 2. The standard InChI is InChI=1S/C14H25N3OS/c1-5-12-13(8-15-10(2)3)19-14(16-12)17-6-7-18-9-11(17)4/h10-11,15H,5-9H2,1-4H3. The lowest BCUT2D eigenvalue weighted by molar-refractivity contribution is 0.0989. The molecule has 1 saturated heterocycles. The molecule has 1 aliphatic heterocycles. The van der Waals surface area contributed by atoms with Crippen molar-refractivity contribution in [2.24, 2.45) is 0 Å². The molecule has 0 aliphatic carbocycles. The van der Waals surface area contributed by atoms with E-state index in [0.29, 0.717) is 12.1 Å². The third-order valence-corrected chi connectivity index (χ3v) is 4.52. The summed E-state index contributed by atoms with van der Waals surface area (Å²) in [6.07, 6.45) is 1.00. The molecule has 108 valence electrons. The van der Waals surface area contributed by atoms with Gasteiger partial charge in [-0.3, -0.25) is 0 Å². The molecular weight excluding hydrogens is 258 g/mol. The highest BCUT2D eigenvalue weighted by atomic mass is 32.1. The first-order valence-corrected chi connectivity index (χ1v) is 7.99. The van der Waals surface area contributed by atoms with E-state index in [2.05, 4.69) is 37.9 Å². The summed E-state index contributed by atoms with van der Waals surface area (Å²) < 4.78 is 5.50. The van der Waals surface area contributed by atoms with Crippen LogP contribution in [0.2, 0.25) is 0 Å². The van der Waals surface area contributed by atoms with Crippen LogP contribution in [-0.2, 0) is 17.7 Å². The third-order valence-electron chi connectivity index (χ3n) is 3.39. The summed E-state index contributed by atoms with van der Waals surface area (Å²) in [6, 6.07) is 0.938. The topological polar surface area (TPSA) is 37.4 Å². The molecule has 0 radical (unpaired) electrons. The first-order chi connectivity index (χ1) is 9.11. The van der Waals surface area contributed by atoms with E-state index < -0.39 is 0 Å². The summed E-state index contributed by atoms with van der Waals surface area (Å²) in [6.45, 7) is 12.2. The molecule has 0 aromatic carbocycles. The number of nitrogens with one attached hydrogen (secondary N) is 1. The van der Waals surface area contributed by atoms with Gasteiger partial charge in [0.05, 0.1) is 24.9 Å². The molecule has 0 spiro atoms. The molecule has 0 bridgehead atoms. The number of morpholine rings is 1. The molecule has 1 fully saturated rings. The minimum atomic E-state index is 0.426. The molecule has 19 heavy (non-hydrogen) atoms. The third kappa shape index (κ3) is 3.68. The van der Waals surface area contributed by atoms with Crippen LogP contribution in [0.3, 0.4) is 0 Å². The lowest BCUT2D eigenvalue weighted by atomic mass is 10.2. The van der Waals surface area contributed by atoms with E-state index in [4.69, 9.17) is 9.72 Å². The van der Waals surface area contributed by atoms with Crippen LogP contribution < -0.4 is 10.2 Å². The zero-order valence-corrected chi connectivity index (χ0v) is 13.2. The maximum absolute atomic E-state index is 5.50. The van der Waals surface area contributed by atoms with Gasteiger partial charge in [-0.15, -0.1) is 11.3 Å². The highest BCUT2D eigenvalue weighted by Gasteiger charge is 2.23. The Balaban J connectivity index is 2.12. The van der Waals surface area contributed by atoms with Crippen molar-refractivity contribution in [3.8, 4) is 0 Å². The van der Waals surface area contributed by atoms with Crippen molar-refractivity contribution < 1.29 is 4.74 Å². The first-order valence-electron chi connectivity index (χ1n) is 7.18. The molecule has 0 amide bonds. The molecule has 1 aliphatic rings. The van der Waals surface area contributed by atoms with E-state index in [1.54, 1.807) is 0 Å². The Labute approximate surface area is 120 Å². The van der Waals surface area contributed by atoms with Gasteiger partial charge < -0.3 is 15.0 Å². The monoisotopic (exact) mass is 283 g/mol. The summed E-state index contributed by atoms with van der Waals surface area (Å²) in [4.78, 5) is 8.59. The van der Waals surface area contributed by atoms with E-state index in [9.17, 15) is 0 Å². The summed E-state index contributed by atoms with van der Waals surface area (Å²) >= 11 is 1.83. The average Bonchev–Trinajstić information content (AvgIpc) is 2.80. The Morgan fingerprint density at radius 2 is 2.32 bits per heavy atom. The van der Waals surface area contributed by atoms with Gasteiger partial charge >= 0.3 is 0 Å². The van der Waals surface area contributed by atoms with Gasteiger partial charge in [0.1, 0.15) is 0 Å². The van der Waals surface area contributed by atoms with Crippen molar-refractivity contribution in [3.05, 3.63) is 10.6 Å². The minimum Gasteiger partial charge on any atom is -0.377 e. The van der Waals surface area contributed by atoms with E-state index in [0.717, 1.165) is 37.9 Å². The Hall–Kier alpha value is -0.650. The highest BCUT2D eigenvalue weighted by Crippen LogP contribution is 2.29. The lowest BCUT2D eigenvalue weighted by Gasteiger charge is -2.32. The summed E-state index contributed by atoms with van der Waals surface area (Å²) in [5, 5.41) is 4.65. The van der Waals surface area contributed by atoms with Crippen LogP contribution in [0.5, 0.6) is 0 Å². The number of rotatable bonds is 5. The number of hydrogen-bond donors (Lipinski definition) is 1. The van der Waals surface area contributed by atoms with Crippen molar-refractivity contribution in [2.75, 3.05) is 24.7 Å². The summed E-state index contributed by atoms with van der Waals surface area (Å²) in [5.74, 6) is 0. The first kappa shape index (κ1) is 14.8. The number of ether oxygens (including phenoxy) is 1. The molecule has 1 N–H and O–H groups in total. The Bertz CT molecular complexity index is 405. The summed E-state index contributed by atoms with van der Waals surface area (Å²) in [5.41, 5.74) is 1.24. The van der Waals surface area contributed by atoms with Crippen molar-refractivity contribution in [2.45, 2.75) is 52.7 Å². The predicted molar refractivity (Wildman–Crippen MR) is 81.1 cm³/mol. The van der Waals surface area contributed by atoms with Crippen molar-refractivity contribution in [3.63, 3.8) is 0 Å². The SMILES string of the molecule is CCc1nc(N2CCOCC2C)sc1CNC(C)C. The fraction of sp³-hybridized carbons (Fsp3) is 0.786. The van der Waals surface area contributed by atoms with Gasteiger partial charge in [-0.05, 0) is 13.3 Å². The van der Waals surface area contributed by atoms with Crippen LogP contribution >= 0.6 is 11.3 Å². The van der Waals surface area contributed by atoms with Crippen LogP contribution in [-0.4, -0.2) is 36.8 Å². The van der Waals surface area contributed by atoms with Crippen molar-refractivity contribution in [1.82, 2.24) is 10.3 Å². The molecule has 1 aromatic rings. The number of anilines is 1. The molecule has 0 saturated carbocycles. The maximum Gasteiger partial charge on any atom is 0.186 e. The number of aryl methyl sites for hydroxylation is 1. The van der Waals surface area contributed by atoms with Crippen LogP contribution in [0.25, 0.3) is 0 Å². The number of hydrogen-bond acceptors (Lipinski definition) is 5. The molecule has 1 aromatic heterocycles. The zero-order chi connectivity index (χ0) is 13.8. The lowest BCUT2D eigenvalue weighted by Crippen LogP contribution is -2.43. The predicted octanol–water partition coefficient (Wildman–Crippen LogP) is 2.43. The minimum absolute atomic E-state index is 0.426. The Morgan fingerprint density at radius 3 is 2.95 bits per heavy atom. The zero-order valence-electron chi connectivity index (χ0n) is 12.4. The maximum atomic E-state index is 5.50. The Morgan fingerprint density at radius 1 is 1.53 bits per heavy atom.